The number of nitriles is 1. The average Bonchev–Trinajstić information content (AvgIpc) is 2.06. The molecule has 0 saturated carbocycles. The SMILES string of the molecule is Cc1ccc(C#N)c(Cl)c1CN. The number of aryl methyl sites for hydroxylation is 1. The third-order valence-corrected chi connectivity index (χ3v) is 2.23. The van der Waals surface area contributed by atoms with Crippen LogP contribution in [-0.2, 0) is 6.54 Å². The van der Waals surface area contributed by atoms with Crippen molar-refractivity contribution in [2.75, 3.05) is 0 Å². The lowest BCUT2D eigenvalue weighted by Crippen LogP contribution is -2.01. The Kier molecular flexibility index (Phi) is 2.69. The molecular formula is C9H9ClN2. The number of hydrogen-bond donors (Lipinski definition) is 1. The van der Waals surface area contributed by atoms with Gasteiger partial charge in [-0.2, -0.15) is 5.26 Å². The standard InChI is InChI=1S/C9H9ClN2/c1-6-2-3-7(4-11)9(10)8(6)5-12/h2-3H,5,12H2,1H3. The Labute approximate surface area is 76.6 Å². The minimum atomic E-state index is 0.375. The quantitative estimate of drug-likeness (QED) is 0.719. The zero-order chi connectivity index (χ0) is 9.14. The predicted molar refractivity (Wildman–Crippen MR) is 48.8 cm³/mol. The van der Waals surface area contributed by atoms with Gasteiger partial charge in [0.25, 0.3) is 0 Å². The predicted octanol–water partition coefficient (Wildman–Crippen LogP) is 1.98. The second-order valence-corrected chi connectivity index (χ2v) is 2.92. The molecule has 0 fully saturated rings. The highest BCUT2D eigenvalue weighted by Crippen LogP contribution is 2.23. The van der Waals surface area contributed by atoms with Gasteiger partial charge in [0.1, 0.15) is 6.07 Å². The molecule has 0 spiro atoms. The molecule has 0 saturated heterocycles. The van der Waals surface area contributed by atoms with E-state index in [-0.39, 0.29) is 0 Å². The van der Waals surface area contributed by atoms with Gasteiger partial charge < -0.3 is 5.73 Å². The highest BCUT2D eigenvalue weighted by Gasteiger charge is 2.06. The molecule has 2 nitrogen and oxygen atoms in total. The second kappa shape index (κ2) is 3.57. The molecule has 1 aromatic carbocycles. The van der Waals surface area contributed by atoms with Crippen molar-refractivity contribution in [3.05, 3.63) is 33.8 Å². The van der Waals surface area contributed by atoms with Crippen molar-refractivity contribution in [1.82, 2.24) is 0 Å². The fourth-order valence-electron chi connectivity index (χ4n) is 1.05. The number of hydrogen-bond acceptors (Lipinski definition) is 2. The Bertz CT molecular complexity index is 339. The first kappa shape index (κ1) is 9.05. The van der Waals surface area contributed by atoms with Crippen molar-refractivity contribution in [2.45, 2.75) is 13.5 Å². The summed E-state index contributed by atoms with van der Waals surface area (Å²) >= 11 is 5.91. The number of nitrogens with two attached hydrogens (primary N) is 1. The zero-order valence-corrected chi connectivity index (χ0v) is 7.52. The molecule has 62 valence electrons. The van der Waals surface area contributed by atoms with E-state index in [1.165, 1.54) is 0 Å². The van der Waals surface area contributed by atoms with Crippen LogP contribution in [0.1, 0.15) is 16.7 Å². The summed E-state index contributed by atoms with van der Waals surface area (Å²) in [6, 6.07) is 5.57. The monoisotopic (exact) mass is 180 g/mol. The Morgan fingerprint density at radius 3 is 2.75 bits per heavy atom. The number of nitrogens with zero attached hydrogens (tertiary/aromatic N) is 1. The molecule has 0 heterocycles. The third-order valence-electron chi connectivity index (χ3n) is 1.80. The van der Waals surface area contributed by atoms with E-state index in [1.807, 2.05) is 19.1 Å². The van der Waals surface area contributed by atoms with Crippen LogP contribution in [0.25, 0.3) is 0 Å². The summed E-state index contributed by atoms with van der Waals surface area (Å²) in [6.07, 6.45) is 0. The first-order valence-electron chi connectivity index (χ1n) is 3.59. The van der Waals surface area contributed by atoms with Gasteiger partial charge >= 0.3 is 0 Å². The van der Waals surface area contributed by atoms with E-state index < -0.39 is 0 Å². The highest BCUT2D eigenvalue weighted by atomic mass is 35.5. The zero-order valence-electron chi connectivity index (χ0n) is 6.76. The maximum Gasteiger partial charge on any atom is 0.101 e. The Morgan fingerprint density at radius 2 is 2.25 bits per heavy atom. The van der Waals surface area contributed by atoms with Gasteiger partial charge in [-0.15, -0.1) is 0 Å². The first-order valence-corrected chi connectivity index (χ1v) is 3.96. The molecule has 3 heteroatoms. The van der Waals surface area contributed by atoms with E-state index in [2.05, 4.69) is 0 Å². The molecule has 0 unspecified atom stereocenters. The molecular weight excluding hydrogens is 172 g/mol. The molecule has 2 N–H and O–H groups in total. The summed E-state index contributed by atoms with van der Waals surface area (Å²) in [4.78, 5) is 0. The van der Waals surface area contributed by atoms with Crippen LogP contribution in [-0.4, -0.2) is 0 Å². The van der Waals surface area contributed by atoms with Crippen molar-refractivity contribution < 1.29 is 0 Å². The van der Waals surface area contributed by atoms with Crippen molar-refractivity contribution in [1.29, 1.82) is 5.26 Å². The van der Waals surface area contributed by atoms with Crippen molar-refractivity contribution in [2.24, 2.45) is 5.73 Å². The Morgan fingerprint density at radius 1 is 1.58 bits per heavy atom. The van der Waals surface area contributed by atoms with Gasteiger partial charge in [0.15, 0.2) is 0 Å². The van der Waals surface area contributed by atoms with Gasteiger partial charge in [0, 0.05) is 6.54 Å². The summed E-state index contributed by atoms with van der Waals surface area (Å²) < 4.78 is 0. The smallest absolute Gasteiger partial charge is 0.101 e. The van der Waals surface area contributed by atoms with E-state index in [0.717, 1.165) is 11.1 Å². The lowest BCUT2D eigenvalue weighted by atomic mass is 10.1. The van der Waals surface area contributed by atoms with Crippen LogP contribution >= 0.6 is 11.6 Å². The van der Waals surface area contributed by atoms with Crippen molar-refractivity contribution >= 4 is 11.6 Å². The molecule has 0 amide bonds. The van der Waals surface area contributed by atoms with Crippen LogP contribution in [0.15, 0.2) is 12.1 Å². The molecule has 0 atom stereocenters. The molecule has 1 rings (SSSR count). The molecule has 0 radical (unpaired) electrons. The summed E-state index contributed by atoms with van der Waals surface area (Å²) in [5.74, 6) is 0. The van der Waals surface area contributed by atoms with Gasteiger partial charge in [0.05, 0.1) is 10.6 Å². The maximum absolute atomic E-state index is 8.65. The maximum atomic E-state index is 8.65. The minimum Gasteiger partial charge on any atom is -0.326 e. The van der Waals surface area contributed by atoms with Gasteiger partial charge in [-0.25, -0.2) is 0 Å². The molecule has 12 heavy (non-hydrogen) atoms. The van der Waals surface area contributed by atoms with E-state index >= 15 is 0 Å². The molecule has 1 aromatic rings. The van der Waals surface area contributed by atoms with E-state index in [1.54, 1.807) is 6.07 Å². The molecule has 0 bridgehead atoms. The van der Waals surface area contributed by atoms with Crippen LogP contribution < -0.4 is 5.73 Å². The average molecular weight is 181 g/mol. The minimum absolute atomic E-state index is 0.375. The van der Waals surface area contributed by atoms with Gasteiger partial charge in [-0.3, -0.25) is 0 Å². The lowest BCUT2D eigenvalue weighted by Gasteiger charge is -2.05. The summed E-state index contributed by atoms with van der Waals surface area (Å²) in [7, 11) is 0. The van der Waals surface area contributed by atoms with Crippen LogP contribution in [0, 0.1) is 18.3 Å². The normalized spacial score (nSPS) is 9.50. The van der Waals surface area contributed by atoms with Gasteiger partial charge in [-0.05, 0) is 24.1 Å². The van der Waals surface area contributed by atoms with Crippen LogP contribution in [0.4, 0.5) is 0 Å². The van der Waals surface area contributed by atoms with Crippen LogP contribution in [0.5, 0.6) is 0 Å². The summed E-state index contributed by atoms with van der Waals surface area (Å²) in [5.41, 5.74) is 7.86. The van der Waals surface area contributed by atoms with Gasteiger partial charge in [-0.1, -0.05) is 17.7 Å². The van der Waals surface area contributed by atoms with Crippen LogP contribution in [0.3, 0.4) is 0 Å². The van der Waals surface area contributed by atoms with E-state index in [9.17, 15) is 0 Å². The number of halogens is 1. The molecule has 0 aliphatic carbocycles. The molecule has 0 aromatic heterocycles. The highest BCUT2D eigenvalue weighted by molar-refractivity contribution is 6.32. The largest absolute Gasteiger partial charge is 0.326 e. The summed E-state index contributed by atoms with van der Waals surface area (Å²) in [5, 5.41) is 9.14. The number of rotatable bonds is 1. The molecule has 0 aliphatic heterocycles. The summed E-state index contributed by atoms with van der Waals surface area (Å²) in [6.45, 7) is 2.30. The lowest BCUT2D eigenvalue weighted by molar-refractivity contribution is 1.05. The number of benzene rings is 1. The van der Waals surface area contributed by atoms with E-state index in [4.69, 9.17) is 22.6 Å². The second-order valence-electron chi connectivity index (χ2n) is 2.54. The fourth-order valence-corrected chi connectivity index (χ4v) is 1.39. The third kappa shape index (κ3) is 1.42. The Hall–Kier alpha value is -1.04. The van der Waals surface area contributed by atoms with Crippen molar-refractivity contribution in [3.63, 3.8) is 0 Å². The van der Waals surface area contributed by atoms with E-state index in [0.29, 0.717) is 17.1 Å². The topological polar surface area (TPSA) is 49.8 Å². The first-order chi connectivity index (χ1) is 5.70. The fraction of sp³-hybridized carbons (Fsp3) is 0.222. The van der Waals surface area contributed by atoms with Crippen molar-refractivity contribution in [3.8, 4) is 6.07 Å². The van der Waals surface area contributed by atoms with Gasteiger partial charge in [0.2, 0.25) is 0 Å². The van der Waals surface area contributed by atoms with Crippen LogP contribution in [0.2, 0.25) is 5.02 Å². The Balaban J connectivity index is 3.36. The molecule has 0 aliphatic rings.